The van der Waals surface area contributed by atoms with Crippen molar-refractivity contribution >= 4 is 5.65 Å². The minimum absolute atomic E-state index is 0.277. The summed E-state index contributed by atoms with van der Waals surface area (Å²) in [7, 11) is 0. The number of hydrogen-bond acceptors (Lipinski definition) is 2. The predicted molar refractivity (Wildman–Crippen MR) is 78.1 cm³/mol. The lowest BCUT2D eigenvalue weighted by Gasteiger charge is -2.06. The monoisotopic (exact) mass is 296 g/mol. The summed E-state index contributed by atoms with van der Waals surface area (Å²) in [5, 5.41) is 6.78. The second-order valence-corrected chi connectivity index (χ2v) is 4.89. The number of rotatable bonds is 2. The number of benzene rings is 1. The van der Waals surface area contributed by atoms with Crippen LogP contribution in [-0.4, -0.2) is 19.6 Å². The number of nitrogens with one attached hydrogen (secondary N) is 1. The minimum atomic E-state index is -0.630. The molecule has 22 heavy (non-hydrogen) atoms. The average Bonchev–Trinajstić information content (AvgIpc) is 3.15. The van der Waals surface area contributed by atoms with Gasteiger partial charge < -0.3 is 4.40 Å². The van der Waals surface area contributed by atoms with Gasteiger partial charge in [-0.2, -0.15) is 5.10 Å². The SMILES string of the molecule is Fc1ccc(-c2[nH]ncc2-c2ccc3nccn3c2)c(F)c1. The molecule has 0 atom stereocenters. The lowest BCUT2D eigenvalue weighted by Crippen LogP contribution is -1.90. The zero-order valence-corrected chi connectivity index (χ0v) is 11.3. The third-order valence-electron chi connectivity index (χ3n) is 3.54. The normalized spacial score (nSPS) is 11.2. The summed E-state index contributed by atoms with van der Waals surface area (Å²) in [4.78, 5) is 4.18. The number of pyridine rings is 1. The van der Waals surface area contributed by atoms with Gasteiger partial charge in [0, 0.05) is 41.3 Å². The predicted octanol–water partition coefficient (Wildman–Crippen LogP) is 3.67. The van der Waals surface area contributed by atoms with Crippen molar-refractivity contribution in [2.45, 2.75) is 0 Å². The van der Waals surface area contributed by atoms with Gasteiger partial charge in [0.15, 0.2) is 0 Å². The molecular formula is C16H10F2N4. The number of H-pyrrole nitrogens is 1. The maximum absolute atomic E-state index is 14.0. The Bertz CT molecular complexity index is 971. The highest BCUT2D eigenvalue weighted by Gasteiger charge is 2.14. The number of imidazole rings is 1. The van der Waals surface area contributed by atoms with Crippen LogP contribution in [0, 0.1) is 11.6 Å². The van der Waals surface area contributed by atoms with Gasteiger partial charge in [0.05, 0.1) is 11.9 Å². The maximum atomic E-state index is 14.0. The topological polar surface area (TPSA) is 46.0 Å². The molecule has 0 saturated carbocycles. The molecule has 0 unspecified atom stereocenters. The van der Waals surface area contributed by atoms with Crippen LogP contribution in [0.2, 0.25) is 0 Å². The summed E-state index contributed by atoms with van der Waals surface area (Å²) in [6.07, 6.45) is 7.04. The van der Waals surface area contributed by atoms with Crippen LogP contribution >= 0.6 is 0 Å². The molecule has 0 bridgehead atoms. The number of hydrogen-bond donors (Lipinski definition) is 1. The van der Waals surface area contributed by atoms with Crippen molar-refractivity contribution in [1.82, 2.24) is 19.6 Å². The zero-order chi connectivity index (χ0) is 15.1. The van der Waals surface area contributed by atoms with Crippen LogP contribution in [0.4, 0.5) is 8.78 Å². The highest BCUT2D eigenvalue weighted by Crippen LogP contribution is 2.31. The van der Waals surface area contributed by atoms with Crippen LogP contribution in [0.15, 0.2) is 55.1 Å². The first kappa shape index (κ1) is 12.7. The van der Waals surface area contributed by atoms with Gasteiger partial charge in [-0.1, -0.05) is 0 Å². The van der Waals surface area contributed by atoms with Crippen molar-refractivity contribution in [3.8, 4) is 22.4 Å². The van der Waals surface area contributed by atoms with Gasteiger partial charge in [-0.25, -0.2) is 13.8 Å². The Hall–Kier alpha value is -3.02. The Morgan fingerprint density at radius 2 is 1.95 bits per heavy atom. The molecule has 3 aromatic heterocycles. The first-order chi connectivity index (χ1) is 10.7. The molecule has 0 aliphatic rings. The molecule has 0 spiro atoms. The van der Waals surface area contributed by atoms with Crippen molar-refractivity contribution in [2.75, 3.05) is 0 Å². The standard InChI is InChI=1S/C16H10F2N4/c17-11-2-3-12(14(18)7-11)16-13(8-20-21-16)10-1-4-15-19-5-6-22(15)9-10/h1-9H,(H,20,21). The van der Waals surface area contributed by atoms with Gasteiger partial charge in [-0.15, -0.1) is 0 Å². The molecule has 108 valence electrons. The molecule has 0 aliphatic heterocycles. The summed E-state index contributed by atoms with van der Waals surface area (Å²) in [6.45, 7) is 0. The van der Waals surface area contributed by atoms with E-state index in [1.165, 1.54) is 12.1 Å². The number of aromatic nitrogens is 4. The second kappa shape index (κ2) is 4.77. The fourth-order valence-corrected chi connectivity index (χ4v) is 2.48. The summed E-state index contributed by atoms with van der Waals surface area (Å²) < 4.78 is 29.0. The van der Waals surface area contributed by atoms with Crippen molar-refractivity contribution in [3.05, 3.63) is 66.8 Å². The Labute approximate surface area is 124 Å². The largest absolute Gasteiger partial charge is 0.306 e. The highest BCUT2D eigenvalue weighted by atomic mass is 19.1. The van der Waals surface area contributed by atoms with E-state index >= 15 is 0 Å². The zero-order valence-electron chi connectivity index (χ0n) is 11.3. The van der Waals surface area contributed by atoms with Crippen LogP contribution in [0.1, 0.15) is 0 Å². The average molecular weight is 296 g/mol. The summed E-state index contributed by atoms with van der Waals surface area (Å²) >= 11 is 0. The van der Waals surface area contributed by atoms with Crippen LogP contribution < -0.4 is 0 Å². The van der Waals surface area contributed by atoms with Gasteiger partial charge in [-0.3, -0.25) is 5.10 Å². The van der Waals surface area contributed by atoms with Crippen LogP contribution in [0.25, 0.3) is 28.0 Å². The molecule has 0 amide bonds. The third-order valence-corrected chi connectivity index (χ3v) is 3.54. The Morgan fingerprint density at radius 1 is 1.05 bits per heavy atom. The molecule has 0 radical (unpaired) electrons. The molecule has 0 fully saturated rings. The van der Waals surface area contributed by atoms with Crippen molar-refractivity contribution in [3.63, 3.8) is 0 Å². The smallest absolute Gasteiger partial charge is 0.136 e. The van der Waals surface area contributed by atoms with E-state index < -0.39 is 11.6 Å². The van der Waals surface area contributed by atoms with E-state index in [9.17, 15) is 8.78 Å². The summed E-state index contributed by atoms with van der Waals surface area (Å²) in [6, 6.07) is 7.24. The van der Waals surface area contributed by atoms with Gasteiger partial charge in [-0.05, 0) is 24.3 Å². The Morgan fingerprint density at radius 3 is 2.82 bits per heavy atom. The van der Waals surface area contributed by atoms with E-state index in [2.05, 4.69) is 15.2 Å². The quantitative estimate of drug-likeness (QED) is 0.613. The molecule has 4 nitrogen and oxygen atoms in total. The number of fused-ring (bicyclic) bond motifs is 1. The third kappa shape index (κ3) is 1.96. The maximum Gasteiger partial charge on any atom is 0.136 e. The lowest BCUT2D eigenvalue weighted by atomic mass is 10.0. The lowest BCUT2D eigenvalue weighted by molar-refractivity contribution is 0.585. The van der Waals surface area contributed by atoms with Crippen molar-refractivity contribution in [2.24, 2.45) is 0 Å². The van der Waals surface area contributed by atoms with Crippen LogP contribution in [0.3, 0.4) is 0 Å². The van der Waals surface area contributed by atoms with Gasteiger partial charge in [0.2, 0.25) is 0 Å². The molecule has 1 aromatic carbocycles. The fraction of sp³-hybridized carbons (Fsp3) is 0. The molecule has 0 aliphatic carbocycles. The number of aromatic amines is 1. The van der Waals surface area contributed by atoms with E-state index in [0.29, 0.717) is 5.69 Å². The molecule has 1 N–H and O–H groups in total. The first-order valence-corrected chi connectivity index (χ1v) is 6.64. The molecule has 6 heteroatoms. The molecular weight excluding hydrogens is 286 g/mol. The molecule has 4 aromatic rings. The number of nitrogens with zero attached hydrogens (tertiary/aromatic N) is 3. The van der Waals surface area contributed by atoms with Crippen molar-refractivity contribution in [1.29, 1.82) is 0 Å². The summed E-state index contributed by atoms with van der Waals surface area (Å²) in [5.41, 5.74) is 3.21. The molecule has 3 heterocycles. The van der Waals surface area contributed by atoms with E-state index in [-0.39, 0.29) is 5.56 Å². The molecule has 0 saturated heterocycles. The Balaban J connectivity index is 1.88. The highest BCUT2D eigenvalue weighted by molar-refractivity contribution is 5.80. The molecule has 4 rings (SSSR count). The van der Waals surface area contributed by atoms with Gasteiger partial charge in [0.25, 0.3) is 0 Å². The van der Waals surface area contributed by atoms with E-state index in [1.807, 2.05) is 28.9 Å². The Kier molecular flexibility index (Phi) is 2.75. The fourth-order valence-electron chi connectivity index (χ4n) is 2.48. The number of halogens is 2. The van der Waals surface area contributed by atoms with Gasteiger partial charge in [0.1, 0.15) is 17.3 Å². The minimum Gasteiger partial charge on any atom is -0.306 e. The van der Waals surface area contributed by atoms with Crippen LogP contribution in [-0.2, 0) is 0 Å². The van der Waals surface area contributed by atoms with E-state index in [0.717, 1.165) is 22.8 Å². The van der Waals surface area contributed by atoms with Crippen LogP contribution in [0.5, 0.6) is 0 Å². The van der Waals surface area contributed by atoms with E-state index in [1.54, 1.807) is 12.4 Å². The van der Waals surface area contributed by atoms with E-state index in [4.69, 9.17) is 0 Å². The van der Waals surface area contributed by atoms with Gasteiger partial charge >= 0.3 is 0 Å². The summed E-state index contributed by atoms with van der Waals surface area (Å²) in [5.74, 6) is -1.24. The second-order valence-electron chi connectivity index (χ2n) is 4.89. The van der Waals surface area contributed by atoms with Crippen molar-refractivity contribution < 1.29 is 8.78 Å². The first-order valence-electron chi connectivity index (χ1n) is 6.64.